The van der Waals surface area contributed by atoms with Crippen LogP contribution in [0.2, 0.25) is 0 Å². The van der Waals surface area contributed by atoms with Gasteiger partial charge in [-0.2, -0.15) is 0 Å². The number of hydrogen-bond acceptors (Lipinski definition) is 2. The molecule has 0 aromatic carbocycles. The van der Waals surface area contributed by atoms with Gasteiger partial charge in [-0.1, -0.05) is 20.8 Å². The molecule has 2 heteroatoms. The molecule has 0 heterocycles. The van der Waals surface area contributed by atoms with E-state index >= 15 is 0 Å². The average molecular weight is 170 g/mol. The molecule has 0 aromatic rings. The molecule has 0 aromatic heterocycles. The maximum absolute atomic E-state index is 10.0. The lowest BCUT2D eigenvalue weighted by atomic mass is 9.69. The van der Waals surface area contributed by atoms with Crippen LogP contribution in [0.1, 0.15) is 33.6 Å². The molecule has 2 aliphatic rings. The Morgan fingerprint density at radius 3 is 2.08 bits per heavy atom. The summed E-state index contributed by atoms with van der Waals surface area (Å²) in [6.07, 6.45) is 1.24. The predicted molar refractivity (Wildman–Crippen MR) is 46.6 cm³/mol. The summed E-state index contributed by atoms with van der Waals surface area (Å²) < 4.78 is 0. The van der Waals surface area contributed by atoms with Gasteiger partial charge >= 0.3 is 0 Å². The molecule has 0 saturated heterocycles. The zero-order chi connectivity index (χ0) is 9.15. The monoisotopic (exact) mass is 170 g/mol. The van der Waals surface area contributed by atoms with Crippen LogP contribution in [0.25, 0.3) is 0 Å². The van der Waals surface area contributed by atoms with E-state index in [1.165, 1.54) is 0 Å². The molecule has 2 rings (SSSR count). The third-order valence-electron chi connectivity index (χ3n) is 4.34. The highest BCUT2D eigenvalue weighted by molar-refractivity contribution is 5.12. The Labute approximate surface area is 73.6 Å². The molecular weight excluding hydrogens is 152 g/mol. The number of aliphatic hydroxyl groups is 2. The highest BCUT2D eigenvalue weighted by Gasteiger charge is 2.63. The lowest BCUT2D eigenvalue weighted by Crippen LogP contribution is -2.47. The van der Waals surface area contributed by atoms with Crippen LogP contribution >= 0.6 is 0 Å². The minimum Gasteiger partial charge on any atom is -0.392 e. The van der Waals surface area contributed by atoms with E-state index in [0.29, 0.717) is 5.92 Å². The SMILES string of the molecule is CC1(C)[C@@H]2C[C@H](O)[C@@](C)(C2)[C@@H]1O. The number of rotatable bonds is 0. The Hall–Kier alpha value is -0.0800. The normalized spacial score (nSPS) is 56.2. The van der Waals surface area contributed by atoms with Crippen molar-refractivity contribution in [1.82, 2.24) is 0 Å². The van der Waals surface area contributed by atoms with Gasteiger partial charge in [-0.3, -0.25) is 0 Å². The van der Waals surface area contributed by atoms with Crippen LogP contribution in [0.5, 0.6) is 0 Å². The van der Waals surface area contributed by atoms with Crippen molar-refractivity contribution in [3.05, 3.63) is 0 Å². The third-order valence-corrected chi connectivity index (χ3v) is 4.34. The fourth-order valence-corrected chi connectivity index (χ4v) is 3.22. The zero-order valence-corrected chi connectivity index (χ0v) is 8.04. The van der Waals surface area contributed by atoms with Crippen molar-refractivity contribution in [1.29, 1.82) is 0 Å². The Morgan fingerprint density at radius 1 is 1.17 bits per heavy atom. The summed E-state index contributed by atoms with van der Waals surface area (Å²) in [5.74, 6) is 0.507. The summed E-state index contributed by atoms with van der Waals surface area (Å²) >= 11 is 0. The van der Waals surface area contributed by atoms with Gasteiger partial charge in [0, 0.05) is 5.41 Å². The van der Waals surface area contributed by atoms with Gasteiger partial charge in [0.05, 0.1) is 12.2 Å². The number of fused-ring (bicyclic) bond motifs is 2. The van der Waals surface area contributed by atoms with Gasteiger partial charge in [0.25, 0.3) is 0 Å². The molecular formula is C10H18O2. The first-order valence-electron chi connectivity index (χ1n) is 4.75. The van der Waals surface area contributed by atoms with Gasteiger partial charge in [0.2, 0.25) is 0 Å². The molecule has 2 fully saturated rings. The molecule has 12 heavy (non-hydrogen) atoms. The summed E-state index contributed by atoms with van der Waals surface area (Å²) in [6, 6.07) is 0. The van der Waals surface area contributed by atoms with E-state index in [-0.39, 0.29) is 23.0 Å². The highest BCUT2D eigenvalue weighted by atomic mass is 16.3. The lowest BCUT2D eigenvalue weighted by molar-refractivity contribution is -0.0970. The van der Waals surface area contributed by atoms with Gasteiger partial charge in [-0.15, -0.1) is 0 Å². The van der Waals surface area contributed by atoms with Crippen LogP contribution in [0.4, 0.5) is 0 Å². The summed E-state index contributed by atoms with van der Waals surface area (Å²) in [6.45, 7) is 6.23. The Bertz CT molecular complexity index is 212. The number of hydrogen-bond donors (Lipinski definition) is 2. The van der Waals surface area contributed by atoms with E-state index in [2.05, 4.69) is 13.8 Å². The molecule has 2 nitrogen and oxygen atoms in total. The fourth-order valence-electron chi connectivity index (χ4n) is 3.22. The first kappa shape index (κ1) is 8.52. The molecule has 70 valence electrons. The highest BCUT2D eigenvalue weighted by Crippen LogP contribution is 2.62. The summed E-state index contributed by atoms with van der Waals surface area (Å²) in [5, 5.41) is 19.7. The summed E-state index contributed by atoms with van der Waals surface area (Å²) in [5.41, 5.74) is -0.220. The second-order valence-electron chi connectivity index (χ2n) is 5.38. The van der Waals surface area contributed by atoms with Crippen LogP contribution < -0.4 is 0 Å². The quantitative estimate of drug-likeness (QED) is 0.573. The van der Waals surface area contributed by atoms with Crippen LogP contribution in [-0.4, -0.2) is 22.4 Å². The molecule has 0 amide bonds. The van der Waals surface area contributed by atoms with Crippen molar-refractivity contribution in [2.75, 3.05) is 0 Å². The van der Waals surface area contributed by atoms with Gasteiger partial charge < -0.3 is 10.2 Å². The van der Waals surface area contributed by atoms with Crippen LogP contribution in [0, 0.1) is 16.7 Å². The molecule has 0 spiro atoms. The fraction of sp³-hybridized carbons (Fsp3) is 1.00. The Balaban J connectivity index is 2.36. The van der Waals surface area contributed by atoms with E-state index in [4.69, 9.17) is 0 Å². The standard InChI is InChI=1S/C10H18O2/c1-9(2)6-4-7(11)10(3,5-6)8(9)12/h6-8,11-12H,4-5H2,1-3H3/t6-,7+,8-,10-/m1/s1. The first-order valence-corrected chi connectivity index (χ1v) is 4.75. The van der Waals surface area contributed by atoms with E-state index in [9.17, 15) is 10.2 Å². The third kappa shape index (κ3) is 0.728. The van der Waals surface area contributed by atoms with Gasteiger partial charge in [0.15, 0.2) is 0 Å². The minimum atomic E-state index is -0.334. The predicted octanol–water partition coefficient (Wildman–Crippen LogP) is 1.16. The van der Waals surface area contributed by atoms with Crippen LogP contribution in [0.15, 0.2) is 0 Å². The second-order valence-corrected chi connectivity index (χ2v) is 5.38. The molecule has 2 aliphatic carbocycles. The molecule has 2 bridgehead atoms. The zero-order valence-electron chi connectivity index (χ0n) is 8.04. The second kappa shape index (κ2) is 2.05. The van der Waals surface area contributed by atoms with E-state index < -0.39 is 0 Å². The molecule has 2 saturated carbocycles. The first-order chi connectivity index (χ1) is 5.39. The van der Waals surface area contributed by atoms with Crippen molar-refractivity contribution >= 4 is 0 Å². The molecule has 0 radical (unpaired) electrons. The van der Waals surface area contributed by atoms with Gasteiger partial charge in [-0.25, -0.2) is 0 Å². The summed E-state index contributed by atoms with van der Waals surface area (Å²) in [4.78, 5) is 0. The van der Waals surface area contributed by atoms with Crippen molar-refractivity contribution in [2.45, 2.75) is 45.8 Å². The molecule has 0 unspecified atom stereocenters. The summed E-state index contributed by atoms with van der Waals surface area (Å²) in [7, 11) is 0. The Morgan fingerprint density at radius 2 is 1.75 bits per heavy atom. The van der Waals surface area contributed by atoms with Crippen LogP contribution in [-0.2, 0) is 0 Å². The van der Waals surface area contributed by atoms with Gasteiger partial charge in [0.1, 0.15) is 0 Å². The lowest BCUT2D eigenvalue weighted by Gasteiger charge is -2.41. The van der Waals surface area contributed by atoms with Crippen LogP contribution in [0.3, 0.4) is 0 Å². The van der Waals surface area contributed by atoms with E-state index in [0.717, 1.165) is 12.8 Å². The molecule has 4 atom stereocenters. The topological polar surface area (TPSA) is 40.5 Å². The smallest absolute Gasteiger partial charge is 0.0672 e. The van der Waals surface area contributed by atoms with Gasteiger partial charge in [-0.05, 0) is 24.2 Å². The van der Waals surface area contributed by atoms with E-state index in [1.807, 2.05) is 6.92 Å². The maximum atomic E-state index is 10.0. The van der Waals surface area contributed by atoms with Crippen molar-refractivity contribution in [3.8, 4) is 0 Å². The largest absolute Gasteiger partial charge is 0.392 e. The molecule has 2 N–H and O–H groups in total. The number of aliphatic hydroxyl groups excluding tert-OH is 2. The Kier molecular flexibility index (Phi) is 1.45. The average Bonchev–Trinajstić information content (AvgIpc) is 2.34. The van der Waals surface area contributed by atoms with Crippen molar-refractivity contribution in [3.63, 3.8) is 0 Å². The van der Waals surface area contributed by atoms with Crippen molar-refractivity contribution < 1.29 is 10.2 Å². The van der Waals surface area contributed by atoms with Crippen molar-refractivity contribution in [2.24, 2.45) is 16.7 Å². The molecule has 0 aliphatic heterocycles. The minimum absolute atomic E-state index is 0.00792. The maximum Gasteiger partial charge on any atom is 0.0672 e. The van der Waals surface area contributed by atoms with E-state index in [1.54, 1.807) is 0 Å².